The van der Waals surface area contributed by atoms with E-state index in [1.165, 1.54) is 29.8 Å². The molecular formula is C18H20N4O6S. The molecule has 2 aromatic rings. The fraction of sp³-hybridized carbons (Fsp3) is 0.278. The van der Waals surface area contributed by atoms with Crippen molar-refractivity contribution in [3.05, 3.63) is 52.1 Å². The van der Waals surface area contributed by atoms with Crippen LogP contribution in [0.3, 0.4) is 0 Å². The van der Waals surface area contributed by atoms with E-state index >= 15 is 0 Å². The third-order valence-electron chi connectivity index (χ3n) is 4.51. The number of phenolic OH excluding ortho intramolecular Hbond substituents is 1. The minimum Gasteiger partial charge on any atom is -0.504 e. The summed E-state index contributed by atoms with van der Waals surface area (Å²) in [5, 5.41) is 25.4. The summed E-state index contributed by atoms with van der Waals surface area (Å²) in [6.07, 6.45) is 2.82. The fourth-order valence-electron chi connectivity index (χ4n) is 2.97. The lowest BCUT2D eigenvalue weighted by atomic mass is 10.2. The van der Waals surface area contributed by atoms with E-state index in [4.69, 9.17) is 4.74 Å². The smallest absolute Gasteiger partial charge is 0.295 e. The first-order chi connectivity index (χ1) is 13.8. The summed E-state index contributed by atoms with van der Waals surface area (Å²) in [5.41, 5.74) is 2.47. The topological polar surface area (TPSA) is 134 Å². The normalized spacial score (nSPS) is 14.9. The highest BCUT2D eigenvalue weighted by molar-refractivity contribution is 7.89. The zero-order valence-electron chi connectivity index (χ0n) is 15.6. The van der Waals surface area contributed by atoms with Crippen molar-refractivity contribution in [3.8, 4) is 11.5 Å². The first kappa shape index (κ1) is 20.6. The number of rotatable bonds is 7. The second kappa shape index (κ2) is 8.45. The van der Waals surface area contributed by atoms with E-state index in [9.17, 15) is 23.6 Å². The molecule has 29 heavy (non-hydrogen) atoms. The average molecular weight is 420 g/mol. The lowest BCUT2D eigenvalue weighted by Crippen LogP contribution is -2.27. The zero-order valence-corrected chi connectivity index (χ0v) is 16.4. The van der Waals surface area contributed by atoms with Gasteiger partial charge in [0.1, 0.15) is 5.69 Å². The van der Waals surface area contributed by atoms with E-state index in [-0.39, 0.29) is 22.1 Å². The van der Waals surface area contributed by atoms with E-state index in [2.05, 4.69) is 10.5 Å². The van der Waals surface area contributed by atoms with Gasteiger partial charge in [-0.05, 0) is 37.1 Å². The highest BCUT2D eigenvalue weighted by Crippen LogP contribution is 2.31. The lowest BCUT2D eigenvalue weighted by molar-refractivity contribution is -0.384. The van der Waals surface area contributed by atoms with Crippen LogP contribution in [0.15, 0.2) is 46.4 Å². The van der Waals surface area contributed by atoms with Crippen molar-refractivity contribution in [2.45, 2.75) is 17.7 Å². The molecule has 1 saturated heterocycles. The maximum absolute atomic E-state index is 12.6. The summed E-state index contributed by atoms with van der Waals surface area (Å²) < 4.78 is 31.6. The van der Waals surface area contributed by atoms with Gasteiger partial charge in [-0.2, -0.15) is 9.41 Å². The monoisotopic (exact) mass is 420 g/mol. The van der Waals surface area contributed by atoms with Gasteiger partial charge in [0.15, 0.2) is 11.5 Å². The third kappa shape index (κ3) is 4.30. The molecule has 2 aromatic carbocycles. The van der Waals surface area contributed by atoms with Crippen LogP contribution < -0.4 is 10.2 Å². The number of nitrogens with zero attached hydrogens (tertiary/aromatic N) is 3. The van der Waals surface area contributed by atoms with Gasteiger partial charge in [-0.1, -0.05) is 6.07 Å². The standard InChI is InChI=1S/C18H20N4O6S/c1-28-17-6-4-5-13(18(17)23)12-19-20-15-8-7-14(11-16(15)22(24)25)29(26,27)21-9-2-3-10-21/h4-8,11-12,20,23H,2-3,9-10H2,1H3. The quantitative estimate of drug-likeness (QED) is 0.399. The minimum atomic E-state index is -3.77. The van der Waals surface area contributed by atoms with Gasteiger partial charge in [-0.25, -0.2) is 8.42 Å². The predicted molar refractivity (Wildman–Crippen MR) is 107 cm³/mol. The predicted octanol–water partition coefficient (Wildman–Crippen LogP) is 2.54. The Kier molecular flexibility index (Phi) is 5.99. The molecule has 0 spiro atoms. The summed E-state index contributed by atoms with van der Waals surface area (Å²) in [7, 11) is -2.36. The molecule has 0 radical (unpaired) electrons. The number of hydrogen-bond donors (Lipinski definition) is 2. The molecule has 2 N–H and O–H groups in total. The van der Waals surface area contributed by atoms with Crippen LogP contribution >= 0.6 is 0 Å². The van der Waals surface area contributed by atoms with Gasteiger partial charge in [-0.3, -0.25) is 15.5 Å². The number of nitrogens with one attached hydrogen (secondary N) is 1. The van der Waals surface area contributed by atoms with Crippen molar-refractivity contribution in [2.75, 3.05) is 25.6 Å². The van der Waals surface area contributed by atoms with Gasteiger partial charge < -0.3 is 9.84 Å². The number of para-hydroxylation sites is 1. The maximum atomic E-state index is 12.6. The van der Waals surface area contributed by atoms with E-state index in [0.29, 0.717) is 18.7 Å². The van der Waals surface area contributed by atoms with E-state index in [0.717, 1.165) is 18.9 Å². The Hall–Kier alpha value is -3.18. The molecule has 0 aromatic heterocycles. The molecule has 0 amide bonds. The second-order valence-electron chi connectivity index (χ2n) is 6.32. The second-order valence-corrected chi connectivity index (χ2v) is 8.25. The first-order valence-corrected chi connectivity index (χ1v) is 10.2. The molecule has 1 aliphatic heterocycles. The Labute approximate surface area is 167 Å². The number of nitro groups is 1. The molecule has 3 rings (SSSR count). The molecule has 10 nitrogen and oxygen atoms in total. The van der Waals surface area contributed by atoms with Crippen LogP contribution in [0, 0.1) is 10.1 Å². The number of aromatic hydroxyl groups is 1. The molecule has 1 aliphatic rings. The van der Waals surface area contributed by atoms with Crippen molar-refractivity contribution in [1.82, 2.24) is 4.31 Å². The van der Waals surface area contributed by atoms with Gasteiger partial charge in [0.25, 0.3) is 5.69 Å². The zero-order chi connectivity index (χ0) is 21.0. The largest absolute Gasteiger partial charge is 0.504 e. The molecule has 11 heteroatoms. The molecule has 0 unspecified atom stereocenters. The Morgan fingerprint density at radius 3 is 2.66 bits per heavy atom. The average Bonchev–Trinajstić information content (AvgIpc) is 3.25. The van der Waals surface area contributed by atoms with Crippen molar-refractivity contribution in [1.29, 1.82) is 0 Å². The number of ether oxygens (including phenoxy) is 1. The van der Waals surface area contributed by atoms with Crippen LogP contribution in [0.4, 0.5) is 11.4 Å². The SMILES string of the molecule is COc1cccc(C=NNc2ccc(S(=O)(=O)N3CCCC3)cc2[N+](=O)[O-])c1O. The molecule has 0 bridgehead atoms. The Balaban J connectivity index is 1.86. The van der Waals surface area contributed by atoms with Crippen LogP contribution in [0.1, 0.15) is 18.4 Å². The third-order valence-corrected chi connectivity index (χ3v) is 6.40. The van der Waals surface area contributed by atoms with E-state index in [1.807, 2.05) is 0 Å². The van der Waals surface area contributed by atoms with Gasteiger partial charge in [0, 0.05) is 24.7 Å². The maximum Gasteiger partial charge on any atom is 0.295 e. The Morgan fingerprint density at radius 2 is 2.00 bits per heavy atom. The number of hydrazone groups is 1. The summed E-state index contributed by atoms with van der Waals surface area (Å²) in [6.45, 7) is 0.814. The number of methoxy groups -OCH3 is 1. The van der Waals surface area contributed by atoms with Crippen LogP contribution in [-0.4, -0.2) is 49.2 Å². The fourth-order valence-corrected chi connectivity index (χ4v) is 4.51. The Morgan fingerprint density at radius 1 is 1.28 bits per heavy atom. The van der Waals surface area contributed by atoms with Crippen LogP contribution in [0.5, 0.6) is 11.5 Å². The highest BCUT2D eigenvalue weighted by atomic mass is 32.2. The summed E-state index contributed by atoms with van der Waals surface area (Å²) in [4.78, 5) is 10.6. The van der Waals surface area contributed by atoms with E-state index in [1.54, 1.807) is 18.2 Å². The lowest BCUT2D eigenvalue weighted by Gasteiger charge is -2.15. The van der Waals surface area contributed by atoms with Crippen LogP contribution in [0.2, 0.25) is 0 Å². The summed E-state index contributed by atoms with van der Waals surface area (Å²) in [6, 6.07) is 8.44. The number of phenols is 1. The van der Waals surface area contributed by atoms with Crippen molar-refractivity contribution < 1.29 is 23.2 Å². The molecule has 0 aliphatic carbocycles. The van der Waals surface area contributed by atoms with Crippen LogP contribution in [0.25, 0.3) is 0 Å². The molecule has 0 atom stereocenters. The van der Waals surface area contributed by atoms with Crippen molar-refractivity contribution in [3.63, 3.8) is 0 Å². The first-order valence-electron chi connectivity index (χ1n) is 8.78. The van der Waals surface area contributed by atoms with Gasteiger partial charge in [-0.15, -0.1) is 0 Å². The Bertz CT molecular complexity index is 1050. The summed E-state index contributed by atoms with van der Waals surface area (Å²) >= 11 is 0. The number of sulfonamides is 1. The molecular weight excluding hydrogens is 400 g/mol. The highest BCUT2D eigenvalue weighted by Gasteiger charge is 2.29. The number of benzene rings is 2. The van der Waals surface area contributed by atoms with Gasteiger partial charge in [0.05, 0.1) is 23.1 Å². The molecule has 154 valence electrons. The molecule has 1 heterocycles. The summed E-state index contributed by atoms with van der Waals surface area (Å²) in [5.74, 6) is 0.138. The molecule has 0 saturated carbocycles. The van der Waals surface area contributed by atoms with Crippen molar-refractivity contribution >= 4 is 27.6 Å². The van der Waals surface area contributed by atoms with Gasteiger partial charge >= 0.3 is 0 Å². The molecule has 1 fully saturated rings. The van der Waals surface area contributed by atoms with Crippen molar-refractivity contribution in [2.24, 2.45) is 5.10 Å². The van der Waals surface area contributed by atoms with Gasteiger partial charge in [0.2, 0.25) is 10.0 Å². The van der Waals surface area contributed by atoms with E-state index < -0.39 is 20.6 Å². The van der Waals surface area contributed by atoms with Crippen LogP contribution in [-0.2, 0) is 10.0 Å². The number of hydrogen-bond acceptors (Lipinski definition) is 8. The number of nitro benzene ring substituents is 1. The number of anilines is 1. The minimum absolute atomic E-state index is 0.0222.